The van der Waals surface area contributed by atoms with Crippen LogP contribution >= 0.6 is 12.2 Å². The Labute approximate surface area is 129 Å². The minimum absolute atomic E-state index is 0.0396. The third-order valence-corrected chi connectivity index (χ3v) is 4.39. The number of nitrogens with one attached hydrogen (secondary N) is 1. The van der Waals surface area contributed by atoms with E-state index in [1.807, 2.05) is 6.07 Å². The summed E-state index contributed by atoms with van der Waals surface area (Å²) in [6.45, 7) is 0. The molecule has 0 bridgehead atoms. The molecule has 1 aromatic rings. The normalized spacial score (nSPS) is 12.6. The van der Waals surface area contributed by atoms with Crippen LogP contribution in [0.4, 0.5) is 0 Å². The van der Waals surface area contributed by atoms with Crippen LogP contribution in [0.2, 0.25) is 0 Å². The zero-order valence-electron chi connectivity index (χ0n) is 11.6. The van der Waals surface area contributed by atoms with Gasteiger partial charge in [0.15, 0.2) is 0 Å². The second kappa shape index (κ2) is 8.06. The van der Waals surface area contributed by atoms with Gasteiger partial charge in [-0.25, -0.2) is 13.1 Å². The van der Waals surface area contributed by atoms with Crippen molar-refractivity contribution in [1.29, 1.82) is 0 Å². The number of rotatable bonds is 8. The van der Waals surface area contributed by atoms with E-state index in [-0.39, 0.29) is 23.6 Å². The molecule has 1 unspecified atom stereocenters. The lowest BCUT2D eigenvalue weighted by Gasteiger charge is -2.17. The number of hydrogen-bond donors (Lipinski definition) is 2. The van der Waals surface area contributed by atoms with Crippen molar-refractivity contribution in [2.75, 3.05) is 12.9 Å². The van der Waals surface area contributed by atoms with Gasteiger partial charge < -0.3 is 10.5 Å². The van der Waals surface area contributed by atoms with Crippen LogP contribution in [0.25, 0.3) is 0 Å². The lowest BCUT2D eigenvalue weighted by atomic mass is 10.1. The molecule has 116 valence electrons. The number of sulfonamides is 1. The SMILES string of the molecule is COC(=O)CCCS(=O)(=O)NC(C(N)=S)c1ccccc1. The molecule has 1 atom stereocenters. The third-order valence-electron chi connectivity index (χ3n) is 2.74. The summed E-state index contributed by atoms with van der Waals surface area (Å²) in [6, 6.07) is 8.06. The van der Waals surface area contributed by atoms with Gasteiger partial charge >= 0.3 is 5.97 Å². The monoisotopic (exact) mass is 330 g/mol. The van der Waals surface area contributed by atoms with E-state index in [0.29, 0.717) is 5.56 Å². The van der Waals surface area contributed by atoms with Crippen molar-refractivity contribution in [3.05, 3.63) is 35.9 Å². The van der Waals surface area contributed by atoms with Crippen molar-refractivity contribution in [3.8, 4) is 0 Å². The van der Waals surface area contributed by atoms with E-state index < -0.39 is 22.0 Å². The Morgan fingerprint density at radius 1 is 1.38 bits per heavy atom. The first-order chi connectivity index (χ1) is 9.85. The molecule has 21 heavy (non-hydrogen) atoms. The van der Waals surface area contributed by atoms with Gasteiger partial charge in [-0.3, -0.25) is 4.79 Å². The van der Waals surface area contributed by atoms with E-state index in [1.165, 1.54) is 7.11 Å². The van der Waals surface area contributed by atoms with Crippen molar-refractivity contribution in [2.45, 2.75) is 18.9 Å². The molecule has 0 saturated carbocycles. The second-order valence-electron chi connectivity index (χ2n) is 4.36. The van der Waals surface area contributed by atoms with Crippen LogP contribution in [0.15, 0.2) is 30.3 Å². The van der Waals surface area contributed by atoms with Crippen LogP contribution in [0, 0.1) is 0 Å². The van der Waals surface area contributed by atoms with Crippen LogP contribution in [0.5, 0.6) is 0 Å². The smallest absolute Gasteiger partial charge is 0.305 e. The fourth-order valence-corrected chi connectivity index (χ4v) is 3.22. The molecule has 1 aromatic carbocycles. The number of carbonyl (C=O) groups is 1. The summed E-state index contributed by atoms with van der Waals surface area (Å²) >= 11 is 4.92. The Kier molecular flexibility index (Phi) is 6.73. The van der Waals surface area contributed by atoms with Crippen LogP contribution in [0.1, 0.15) is 24.4 Å². The Morgan fingerprint density at radius 3 is 2.52 bits per heavy atom. The van der Waals surface area contributed by atoms with Crippen molar-refractivity contribution < 1.29 is 17.9 Å². The Balaban J connectivity index is 2.70. The lowest BCUT2D eigenvalue weighted by Crippen LogP contribution is -2.37. The summed E-state index contributed by atoms with van der Waals surface area (Å²) in [4.78, 5) is 11.0. The molecule has 0 saturated heterocycles. The molecule has 6 nitrogen and oxygen atoms in total. The number of thiocarbonyl (C=S) groups is 1. The molecule has 0 fully saturated rings. The second-order valence-corrected chi connectivity index (χ2v) is 6.71. The van der Waals surface area contributed by atoms with Crippen LogP contribution in [0.3, 0.4) is 0 Å². The first-order valence-corrected chi connectivity index (χ1v) is 8.33. The van der Waals surface area contributed by atoms with Crippen molar-refractivity contribution >= 4 is 33.2 Å². The van der Waals surface area contributed by atoms with E-state index >= 15 is 0 Å². The maximum absolute atomic E-state index is 12.0. The van der Waals surface area contributed by atoms with E-state index in [4.69, 9.17) is 18.0 Å². The summed E-state index contributed by atoms with van der Waals surface area (Å²) < 4.78 is 30.9. The topological polar surface area (TPSA) is 98.5 Å². The molecule has 8 heteroatoms. The standard InChI is InChI=1S/C13H18N2O4S2/c1-19-11(16)8-5-9-21(17,18)15-12(13(14)20)10-6-3-2-4-7-10/h2-4,6-7,12,15H,5,8-9H2,1H3,(H2,14,20). The first-order valence-electron chi connectivity index (χ1n) is 6.27. The summed E-state index contributed by atoms with van der Waals surface area (Å²) in [5.41, 5.74) is 6.27. The van der Waals surface area contributed by atoms with Crippen molar-refractivity contribution in [2.24, 2.45) is 5.73 Å². The average molecular weight is 330 g/mol. The number of methoxy groups -OCH3 is 1. The van der Waals surface area contributed by atoms with Gasteiger partial charge in [-0.15, -0.1) is 0 Å². The number of esters is 1. The predicted octanol–water partition coefficient (Wildman–Crippen LogP) is 0.886. The molecule has 0 radical (unpaired) electrons. The van der Waals surface area contributed by atoms with Crippen LogP contribution < -0.4 is 10.5 Å². The van der Waals surface area contributed by atoms with Crippen LogP contribution in [-0.4, -0.2) is 32.2 Å². The fourth-order valence-electron chi connectivity index (χ4n) is 1.68. The Bertz CT molecular complexity index is 587. The maximum atomic E-state index is 12.0. The zero-order valence-corrected chi connectivity index (χ0v) is 13.2. The quantitative estimate of drug-likeness (QED) is 0.542. The van der Waals surface area contributed by atoms with E-state index in [1.54, 1.807) is 24.3 Å². The molecule has 1 rings (SSSR count). The highest BCUT2D eigenvalue weighted by molar-refractivity contribution is 7.89. The first kappa shape index (κ1) is 17.5. The van der Waals surface area contributed by atoms with E-state index in [2.05, 4.69) is 9.46 Å². The molecule has 0 aliphatic rings. The molecule has 0 amide bonds. The van der Waals surface area contributed by atoms with Gasteiger partial charge in [0.2, 0.25) is 10.0 Å². The molecule has 0 aliphatic carbocycles. The van der Waals surface area contributed by atoms with Gasteiger partial charge in [-0.1, -0.05) is 42.5 Å². The highest BCUT2D eigenvalue weighted by Gasteiger charge is 2.21. The molecular formula is C13H18N2O4S2. The van der Waals surface area contributed by atoms with Gasteiger partial charge in [0.05, 0.1) is 23.9 Å². The summed E-state index contributed by atoms with van der Waals surface area (Å²) in [7, 11) is -2.35. The fraction of sp³-hybridized carbons (Fsp3) is 0.385. The highest BCUT2D eigenvalue weighted by Crippen LogP contribution is 2.14. The van der Waals surface area contributed by atoms with Crippen molar-refractivity contribution in [1.82, 2.24) is 4.72 Å². The minimum Gasteiger partial charge on any atom is -0.469 e. The number of ether oxygens (including phenoxy) is 1. The molecule has 3 N–H and O–H groups in total. The van der Waals surface area contributed by atoms with Gasteiger partial charge in [0, 0.05) is 6.42 Å². The lowest BCUT2D eigenvalue weighted by molar-refractivity contribution is -0.140. The maximum Gasteiger partial charge on any atom is 0.305 e. The molecule has 0 aliphatic heterocycles. The summed E-state index contributed by atoms with van der Waals surface area (Å²) in [5.74, 6) is -0.646. The molecule has 0 heterocycles. The largest absolute Gasteiger partial charge is 0.469 e. The zero-order chi connectivity index (χ0) is 15.9. The summed E-state index contributed by atoms with van der Waals surface area (Å²) in [6.07, 6.45) is 0.210. The van der Waals surface area contributed by atoms with E-state index in [9.17, 15) is 13.2 Å². The van der Waals surface area contributed by atoms with E-state index in [0.717, 1.165) is 0 Å². The van der Waals surface area contributed by atoms with Gasteiger partial charge in [-0.2, -0.15) is 0 Å². The molecule has 0 spiro atoms. The number of hydrogen-bond acceptors (Lipinski definition) is 5. The molecular weight excluding hydrogens is 312 g/mol. The summed E-state index contributed by atoms with van der Waals surface area (Å²) in [5, 5.41) is 0. The predicted molar refractivity (Wildman–Crippen MR) is 84.1 cm³/mol. The van der Waals surface area contributed by atoms with Gasteiger partial charge in [-0.05, 0) is 12.0 Å². The van der Waals surface area contributed by atoms with Gasteiger partial charge in [0.1, 0.15) is 0 Å². The Hall–Kier alpha value is -1.51. The van der Waals surface area contributed by atoms with Gasteiger partial charge in [0.25, 0.3) is 0 Å². The highest BCUT2D eigenvalue weighted by atomic mass is 32.2. The van der Waals surface area contributed by atoms with Crippen LogP contribution in [-0.2, 0) is 19.6 Å². The average Bonchev–Trinajstić information content (AvgIpc) is 2.45. The number of nitrogens with two attached hydrogens (primary N) is 1. The minimum atomic E-state index is -3.60. The molecule has 0 aromatic heterocycles. The van der Waals surface area contributed by atoms with Crippen molar-refractivity contribution in [3.63, 3.8) is 0 Å². The number of benzene rings is 1. The number of carbonyl (C=O) groups excluding carboxylic acids is 1. The Morgan fingerprint density at radius 2 is 2.00 bits per heavy atom. The third kappa shape index (κ3) is 6.19.